The quantitative estimate of drug-likeness (QED) is 0.836. The van der Waals surface area contributed by atoms with Gasteiger partial charge in [-0.05, 0) is 77.4 Å². The van der Waals surface area contributed by atoms with Crippen molar-refractivity contribution in [2.45, 2.75) is 32.2 Å². The lowest BCUT2D eigenvalue weighted by Gasteiger charge is -2.15. The second-order valence-corrected chi connectivity index (χ2v) is 7.02. The molecule has 0 radical (unpaired) electrons. The Labute approximate surface area is 110 Å². The van der Waals surface area contributed by atoms with Crippen LogP contribution < -0.4 is 5.32 Å². The summed E-state index contributed by atoms with van der Waals surface area (Å²) in [5.74, 6) is 3.11. The van der Waals surface area contributed by atoms with Crippen molar-refractivity contribution in [2.24, 2.45) is 17.8 Å². The first-order valence-corrected chi connectivity index (χ1v) is 7.94. The van der Waals surface area contributed by atoms with Crippen molar-refractivity contribution >= 4 is 27.3 Å². The molecule has 3 heteroatoms. The zero-order valence-corrected chi connectivity index (χ0v) is 11.8. The van der Waals surface area contributed by atoms with Gasteiger partial charge in [0.1, 0.15) is 0 Å². The van der Waals surface area contributed by atoms with Crippen LogP contribution in [-0.2, 0) is 6.54 Å². The Morgan fingerprint density at radius 1 is 1.31 bits per heavy atom. The third-order valence-corrected chi connectivity index (χ3v) is 5.74. The van der Waals surface area contributed by atoms with Gasteiger partial charge in [-0.25, -0.2) is 0 Å². The Balaban J connectivity index is 1.46. The Hall–Kier alpha value is 0.140. The molecule has 0 spiro atoms. The zero-order chi connectivity index (χ0) is 11.0. The van der Waals surface area contributed by atoms with Gasteiger partial charge in [0.2, 0.25) is 0 Å². The van der Waals surface area contributed by atoms with E-state index in [9.17, 15) is 0 Å². The molecule has 0 aliphatic heterocycles. The molecule has 0 amide bonds. The molecule has 16 heavy (non-hydrogen) atoms. The van der Waals surface area contributed by atoms with E-state index in [1.165, 1.54) is 41.6 Å². The molecule has 0 atom stereocenters. The molecule has 2 aliphatic rings. The number of thiophene rings is 1. The minimum atomic E-state index is 0.985. The average molecular weight is 300 g/mol. The molecule has 3 rings (SSSR count). The summed E-state index contributed by atoms with van der Waals surface area (Å²) in [6.45, 7) is 2.27. The van der Waals surface area contributed by atoms with E-state index in [4.69, 9.17) is 0 Å². The van der Waals surface area contributed by atoms with Gasteiger partial charge in [-0.15, -0.1) is 11.3 Å². The van der Waals surface area contributed by atoms with Crippen molar-refractivity contribution in [1.82, 2.24) is 5.32 Å². The smallest absolute Gasteiger partial charge is 0.0327 e. The molecule has 0 unspecified atom stereocenters. The maximum absolute atomic E-state index is 3.65. The van der Waals surface area contributed by atoms with Gasteiger partial charge in [0.05, 0.1) is 0 Å². The summed E-state index contributed by atoms with van der Waals surface area (Å²) in [5, 5.41) is 5.80. The maximum Gasteiger partial charge on any atom is 0.0327 e. The highest BCUT2D eigenvalue weighted by molar-refractivity contribution is 9.10. The SMILES string of the molecule is Brc1ccsc1CNCC(C1CC1)C1CC1. The molecule has 0 bridgehead atoms. The molecule has 2 saturated carbocycles. The van der Waals surface area contributed by atoms with Gasteiger partial charge >= 0.3 is 0 Å². The Morgan fingerprint density at radius 2 is 2.00 bits per heavy atom. The molecule has 0 saturated heterocycles. The highest BCUT2D eigenvalue weighted by atomic mass is 79.9. The summed E-state index contributed by atoms with van der Waals surface area (Å²) in [6, 6.07) is 2.14. The predicted octanol–water partition coefficient (Wildman–Crippen LogP) is 4.04. The van der Waals surface area contributed by atoms with Gasteiger partial charge in [-0.3, -0.25) is 0 Å². The lowest BCUT2D eigenvalue weighted by atomic mass is 9.98. The third kappa shape index (κ3) is 2.69. The van der Waals surface area contributed by atoms with Gasteiger partial charge in [0.15, 0.2) is 0 Å². The fourth-order valence-corrected chi connectivity index (χ4v) is 4.03. The van der Waals surface area contributed by atoms with Crippen LogP contribution in [0.25, 0.3) is 0 Å². The van der Waals surface area contributed by atoms with Gasteiger partial charge in [-0.1, -0.05) is 0 Å². The summed E-state index contributed by atoms with van der Waals surface area (Å²) in [6.07, 6.45) is 5.97. The van der Waals surface area contributed by atoms with E-state index >= 15 is 0 Å². The van der Waals surface area contributed by atoms with Crippen molar-refractivity contribution in [3.05, 3.63) is 20.8 Å². The third-order valence-electron chi connectivity index (χ3n) is 3.81. The van der Waals surface area contributed by atoms with Crippen LogP contribution in [0.2, 0.25) is 0 Å². The maximum atomic E-state index is 3.65. The van der Waals surface area contributed by atoms with Crippen LogP contribution in [-0.4, -0.2) is 6.54 Å². The monoisotopic (exact) mass is 299 g/mol. The molecule has 88 valence electrons. The second kappa shape index (κ2) is 4.79. The van der Waals surface area contributed by atoms with Crippen LogP contribution in [0, 0.1) is 17.8 Å². The van der Waals surface area contributed by atoms with Crippen molar-refractivity contribution in [3.8, 4) is 0 Å². The fourth-order valence-electron chi connectivity index (χ4n) is 2.57. The van der Waals surface area contributed by atoms with E-state index in [0.29, 0.717) is 0 Å². The lowest BCUT2D eigenvalue weighted by molar-refractivity contribution is 0.379. The number of hydrogen-bond donors (Lipinski definition) is 1. The van der Waals surface area contributed by atoms with E-state index in [-0.39, 0.29) is 0 Å². The second-order valence-electron chi connectivity index (χ2n) is 5.16. The average Bonchev–Trinajstić information content (AvgIpc) is 3.15. The molecule has 1 N–H and O–H groups in total. The Kier molecular flexibility index (Phi) is 3.37. The molecule has 1 nitrogen and oxygen atoms in total. The Bertz CT molecular complexity index is 343. The molecule has 1 aromatic heterocycles. The fraction of sp³-hybridized carbons (Fsp3) is 0.692. The van der Waals surface area contributed by atoms with Crippen LogP contribution in [0.4, 0.5) is 0 Å². The van der Waals surface area contributed by atoms with Crippen molar-refractivity contribution in [1.29, 1.82) is 0 Å². The van der Waals surface area contributed by atoms with Crippen LogP contribution in [0.15, 0.2) is 15.9 Å². The summed E-state index contributed by atoms with van der Waals surface area (Å²) in [4.78, 5) is 1.44. The standard InChI is InChI=1S/C13H18BrNS/c14-12-5-6-16-13(12)8-15-7-11(9-1-2-9)10-3-4-10/h5-6,9-11,15H,1-4,7-8H2. The molecular formula is C13H18BrNS. The van der Waals surface area contributed by atoms with Gasteiger partial charge in [0.25, 0.3) is 0 Å². The first-order valence-electron chi connectivity index (χ1n) is 6.27. The van der Waals surface area contributed by atoms with E-state index in [1.807, 2.05) is 11.3 Å². The van der Waals surface area contributed by atoms with Gasteiger partial charge < -0.3 is 5.32 Å². The van der Waals surface area contributed by atoms with Crippen LogP contribution in [0.5, 0.6) is 0 Å². The summed E-state index contributed by atoms with van der Waals surface area (Å²) in [5.41, 5.74) is 0. The van der Waals surface area contributed by atoms with Crippen LogP contribution >= 0.6 is 27.3 Å². The highest BCUT2D eigenvalue weighted by Gasteiger charge is 2.40. The van der Waals surface area contributed by atoms with Crippen molar-refractivity contribution in [3.63, 3.8) is 0 Å². The lowest BCUT2D eigenvalue weighted by Crippen LogP contribution is -2.25. The highest BCUT2D eigenvalue weighted by Crippen LogP contribution is 2.48. The van der Waals surface area contributed by atoms with E-state index in [2.05, 4.69) is 32.7 Å². The number of rotatable bonds is 6. The van der Waals surface area contributed by atoms with Gasteiger partial charge in [0, 0.05) is 15.9 Å². The topological polar surface area (TPSA) is 12.0 Å². The van der Waals surface area contributed by atoms with E-state index in [1.54, 1.807) is 0 Å². The number of halogens is 1. The van der Waals surface area contributed by atoms with E-state index < -0.39 is 0 Å². The Morgan fingerprint density at radius 3 is 2.50 bits per heavy atom. The molecule has 1 heterocycles. The number of nitrogens with one attached hydrogen (secondary N) is 1. The minimum Gasteiger partial charge on any atom is -0.312 e. The molecular weight excluding hydrogens is 282 g/mol. The first kappa shape index (κ1) is 11.2. The van der Waals surface area contributed by atoms with Crippen molar-refractivity contribution < 1.29 is 0 Å². The zero-order valence-electron chi connectivity index (χ0n) is 9.42. The molecule has 2 aliphatic carbocycles. The van der Waals surface area contributed by atoms with Crippen molar-refractivity contribution in [2.75, 3.05) is 6.54 Å². The number of hydrogen-bond acceptors (Lipinski definition) is 2. The molecule has 1 aromatic rings. The predicted molar refractivity (Wildman–Crippen MR) is 72.7 cm³/mol. The minimum absolute atomic E-state index is 0.985. The molecule has 2 fully saturated rings. The molecule has 0 aromatic carbocycles. The summed E-state index contributed by atoms with van der Waals surface area (Å²) in [7, 11) is 0. The normalized spacial score (nSPS) is 20.6. The summed E-state index contributed by atoms with van der Waals surface area (Å²) < 4.78 is 1.26. The van der Waals surface area contributed by atoms with Crippen LogP contribution in [0.3, 0.4) is 0 Å². The first-order chi connectivity index (χ1) is 7.84. The largest absolute Gasteiger partial charge is 0.312 e. The van der Waals surface area contributed by atoms with Gasteiger partial charge in [-0.2, -0.15) is 0 Å². The van der Waals surface area contributed by atoms with Crippen LogP contribution in [0.1, 0.15) is 30.6 Å². The summed E-state index contributed by atoms with van der Waals surface area (Å²) >= 11 is 5.43. The van der Waals surface area contributed by atoms with E-state index in [0.717, 1.165) is 24.3 Å².